The predicted octanol–water partition coefficient (Wildman–Crippen LogP) is 3.67. The molecule has 0 atom stereocenters. The molecule has 0 unspecified atom stereocenters. The molecule has 4 rings (SSSR count). The standard InChI is InChI=1S/C27H28N2O4/c1-18-7-12-23-24(16-28-15-20-5-4-6-22(14-20)33-3)26(27(30)31)29(25(23)13-18)17-19-8-10-21(32-2)11-9-19/h4-14,28H,15-17H2,1-3H3,(H,30,31)/p-1. The number of ether oxygens (including phenoxy) is 2. The Morgan fingerprint density at radius 1 is 0.909 bits per heavy atom. The summed E-state index contributed by atoms with van der Waals surface area (Å²) in [6, 6.07) is 21.5. The first-order chi connectivity index (χ1) is 16.0. The van der Waals surface area contributed by atoms with Gasteiger partial charge in [-0.3, -0.25) is 0 Å². The highest BCUT2D eigenvalue weighted by atomic mass is 16.5. The topological polar surface area (TPSA) is 75.5 Å². The zero-order valence-electron chi connectivity index (χ0n) is 19.1. The third-order valence-corrected chi connectivity index (χ3v) is 5.78. The summed E-state index contributed by atoms with van der Waals surface area (Å²) in [6.07, 6.45) is 0. The van der Waals surface area contributed by atoms with Crippen LogP contribution in [0.15, 0.2) is 66.7 Å². The smallest absolute Gasteiger partial charge is 0.119 e. The van der Waals surface area contributed by atoms with Crippen LogP contribution in [0.3, 0.4) is 0 Å². The molecule has 1 heterocycles. The molecule has 0 aliphatic heterocycles. The van der Waals surface area contributed by atoms with Crippen LogP contribution in [0.4, 0.5) is 0 Å². The number of carbonyl (C=O) groups excluding carboxylic acids is 1. The highest BCUT2D eigenvalue weighted by Gasteiger charge is 2.18. The average molecular weight is 444 g/mol. The minimum Gasteiger partial charge on any atom is -0.543 e. The Morgan fingerprint density at radius 2 is 1.67 bits per heavy atom. The second-order valence-electron chi connectivity index (χ2n) is 8.02. The molecule has 6 heteroatoms. The van der Waals surface area contributed by atoms with Crippen molar-refractivity contribution in [3.05, 3.63) is 94.7 Å². The van der Waals surface area contributed by atoms with Crippen molar-refractivity contribution >= 4 is 16.9 Å². The predicted molar refractivity (Wildman–Crippen MR) is 127 cm³/mol. The van der Waals surface area contributed by atoms with Gasteiger partial charge in [-0.1, -0.05) is 36.4 Å². The average Bonchev–Trinajstić information content (AvgIpc) is 3.12. The molecule has 1 aromatic heterocycles. The van der Waals surface area contributed by atoms with Gasteiger partial charge in [0.15, 0.2) is 0 Å². The number of carboxylic acids is 1. The number of rotatable bonds is 9. The van der Waals surface area contributed by atoms with Crippen LogP contribution < -0.4 is 19.9 Å². The first kappa shape index (κ1) is 22.4. The fourth-order valence-electron chi connectivity index (χ4n) is 4.14. The molecule has 170 valence electrons. The van der Waals surface area contributed by atoms with E-state index >= 15 is 0 Å². The summed E-state index contributed by atoms with van der Waals surface area (Å²) < 4.78 is 12.4. The fourth-order valence-corrected chi connectivity index (χ4v) is 4.14. The van der Waals surface area contributed by atoms with Crippen molar-refractivity contribution in [3.8, 4) is 11.5 Å². The van der Waals surface area contributed by atoms with Crippen LogP contribution in [0.5, 0.6) is 11.5 Å². The maximum Gasteiger partial charge on any atom is 0.119 e. The molecule has 0 amide bonds. The molecular formula is C27H27N2O4-. The minimum absolute atomic E-state index is 0.199. The monoisotopic (exact) mass is 443 g/mol. The zero-order chi connectivity index (χ0) is 23.4. The number of aromatic nitrogens is 1. The van der Waals surface area contributed by atoms with Crippen molar-refractivity contribution in [2.45, 2.75) is 26.6 Å². The molecule has 0 aliphatic carbocycles. The third kappa shape index (κ3) is 4.86. The third-order valence-electron chi connectivity index (χ3n) is 5.78. The number of carbonyl (C=O) groups is 1. The molecule has 1 N–H and O–H groups in total. The quantitative estimate of drug-likeness (QED) is 0.427. The van der Waals surface area contributed by atoms with E-state index < -0.39 is 5.97 Å². The fraction of sp³-hybridized carbons (Fsp3) is 0.222. The van der Waals surface area contributed by atoms with Crippen molar-refractivity contribution in [2.75, 3.05) is 14.2 Å². The van der Waals surface area contributed by atoms with Gasteiger partial charge in [0.25, 0.3) is 0 Å². The Hall–Kier alpha value is -3.77. The van der Waals surface area contributed by atoms with Crippen LogP contribution in [0.1, 0.15) is 32.7 Å². The number of nitrogens with zero attached hydrogens (tertiary/aromatic N) is 1. The molecule has 33 heavy (non-hydrogen) atoms. The molecule has 0 spiro atoms. The van der Waals surface area contributed by atoms with Crippen molar-refractivity contribution in [1.82, 2.24) is 9.88 Å². The van der Waals surface area contributed by atoms with E-state index in [1.54, 1.807) is 14.2 Å². The number of fused-ring (bicyclic) bond motifs is 1. The van der Waals surface area contributed by atoms with Gasteiger partial charge in [-0.25, -0.2) is 0 Å². The van der Waals surface area contributed by atoms with Crippen LogP contribution in [0.25, 0.3) is 10.9 Å². The molecule has 0 aliphatic rings. The van der Waals surface area contributed by atoms with Gasteiger partial charge in [0.1, 0.15) is 11.5 Å². The second kappa shape index (κ2) is 9.79. The molecule has 0 saturated heterocycles. The molecule has 0 radical (unpaired) electrons. The zero-order valence-corrected chi connectivity index (χ0v) is 19.1. The first-order valence-electron chi connectivity index (χ1n) is 10.8. The van der Waals surface area contributed by atoms with Gasteiger partial charge in [0.2, 0.25) is 0 Å². The van der Waals surface area contributed by atoms with E-state index in [2.05, 4.69) is 5.32 Å². The van der Waals surface area contributed by atoms with Crippen molar-refractivity contribution in [2.24, 2.45) is 0 Å². The van der Waals surface area contributed by atoms with Crippen LogP contribution in [0, 0.1) is 6.92 Å². The van der Waals surface area contributed by atoms with Gasteiger partial charge in [0, 0.05) is 36.1 Å². The lowest BCUT2D eigenvalue weighted by Gasteiger charge is -2.14. The Labute approximate surface area is 193 Å². The molecule has 6 nitrogen and oxygen atoms in total. The molecule has 4 aromatic rings. The maximum absolute atomic E-state index is 12.3. The summed E-state index contributed by atoms with van der Waals surface area (Å²) in [6.45, 7) is 3.41. The number of hydrogen-bond donors (Lipinski definition) is 1. The Kier molecular flexibility index (Phi) is 6.66. The highest BCUT2D eigenvalue weighted by Crippen LogP contribution is 2.29. The van der Waals surface area contributed by atoms with Crippen LogP contribution in [0.2, 0.25) is 0 Å². The van der Waals surface area contributed by atoms with E-state index in [9.17, 15) is 9.90 Å². The summed E-state index contributed by atoms with van der Waals surface area (Å²) in [5, 5.41) is 16.6. The number of benzene rings is 3. The Bertz CT molecular complexity index is 1280. The molecule has 0 bridgehead atoms. The number of aryl methyl sites for hydroxylation is 1. The molecular weight excluding hydrogens is 416 g/mol. The lowest BCUT2D eigenvalue weighted by Crippen LogP contribution is -2.28. The Balaban J connectivity index is 1.69. The van der Waals surface area contributed by atoms with Gasteiger partial charge < -0.3 is 29.3 Å². The lowest BCUT2D eigenvalue weighted by molar-refractivity contribution is -0.255. The van der Waals surface area contributed by atoms with E-state index in [1.807, 2.05) is 78.2 Å². The summed E-state index contributed by atoms with van der Waals surface area (Å²) in [5.41, 5.74) is 4.90. The molecule has 0 saturated carbocycles. The van der Waals surface area contributed by atoms with Gasteiger partial charge in [-0.05, 0) is 53.9 Å². The lowest BCUT2D eigenvalue weighted by atomic mass is 10.1. The first-order valence-corrected chi connectivity index (χ1v) is 10.8. The number of aromatic carboxylic acids is 1. The minimum atomic E-state index is -1.18. The van der Waals surface area contributed by atoms with Crippen molar-refractivity contribution < 1.29 is 19.4 Å². The van der Waals surface area contributed by atoms with Crippen LogP contribution in [-0.2, 0) is 19.6 Å². The van der Waals surface area contributed by atoms with E-state index in [4.69, 9.17) is 9.47 Å². The van der Waals surface area contributed by atoms with Gasteiger partial charge in [-0.15, -0.1) is 0 Å². The van der Waals surface area contributed by atoms with E-state index in [0.29, 0.717) is 19.6 Å². The number of nitrogens with one attached hydrogen (secondary N) is 1. The second-order valence-corrected chi connectivity index (χ2v) is 8.02. The SMILES string of the molecule is COc1ccc(Cn2c(C(=O)[O-])c(CNCc3cccc(OC)c3)c3ccc(C)cc32)cc1. The van der Waals surface area contributed by atoms with Crippen molar-refractivity contribution in [1.29, 1.82) is 0 Å². The largest absolute Gasteiger partial charge is 0.543 e. The normalized spacial score (nSPS) is 11.0. The number of hydrogen-bond acceptors (Lipinski definition) is 5. The van der Waals surface area contributed by atoms with Crippen LogP contribution in [-0.4, -0.2) is 24.8 Å². The van der Waals surface area contributed by atoms with Gasteiger partial charge >= 0.3 is 0 Å². The summed E-state index contributed by atoms with van der Waals surface area (Å²) >= 11 is 0. The van der Waals surface area contributed by atoms with E-state index in [0.717, 1.165) is 44.7 Å². The maximum atomic E-state index is 12.3. The van der Waals surface area contributed by atoms with E-state index in [-0.39, 0.29) is 5.69 Å². The van der Waals surface area contributed by atoms with Gasteiger partial charge in [0.05, 0.1) is 25.9 Å². The highest BCUT2D eigenvalue weighted by molar-refractivity contribution is 5.97. The van der Waals surface area contributed by atoms with Crippen molar-refractivity contribution in [3.63, 3.8) is 0 Å². The van der Waals surface area contributed by atoms with E-state index in [1.165, 1.54) is 0 Å². The van der Waals surface area contributed by atoms with Gasteiger partial charge in [-0.2, -0.15) is 0 Å². The number of carboxylic acid groups (broad SMARTS) is 1. The summed E-state index contributed by atoms with van der Waals surface area (Å²) in [5.74, 6) is 0.362. The summed E-state index contributed by atoms with van der Waals surface area (Å²) in [4.78, 5) is 12.3. The number of methoxy groups -OCH3 is 2. The van der Waals surface area contributed by atoms with Crippen LogP contribution >= 0.6 is 0 Å². The molecule has 0 fully saturated rings. The summed E-state index contributed by atoms with van der Waals surface area (Å²) in [7, 11) is 3.26. The Morgan fingerprint density at radius 3 is 2.36 bits per heavy atom. The molecule has 3 aromatic carbocycles.